The minimum Gasteiger partial charge on any atom is -0.377 e. The number of hydrogen-bond acceptors (Lipinski definition) is 5. The summed E-state index contributed by atoms with van der Waals surface area (Å²) in [6.07, 6.45) is 2.55. The Labute approximate surface area is 122 Å². The Bertz CT molecular complexity index is 704. The normalized spacial score (nSPS) is 25.1. The molecular formula is C15H17N3O3. The summed E-state index contributed by atoms with van der Waals surface area (Å²) < 4.78 is 5.63. The van der Waals surface area contributed by atoms with Crippen molar-refractivity contribution in [3.05, 3.63) is 40.6 Å². The van der Waals surface area contributed by atoms with E-state index in [-0.39, 0.29) is 17.3 Å². The van der Waals surface area contributed by atoms with Crippen molar-refractivity contribution in [2.24, 2.45) is 0 Å². The first kappa shape index (κ1) is 13.8. The van der Waals surface area contributed by atoms with E-state index >= 15 is 0 Å². The smallest absolute Gasteiger partial charge is 0.295 e. The number of ether oxygens (including phenoxy) is 1. The van der Waals surface area contributed by atoms with Gasteiger partial charge < -0.3 is 10.1 Å². The highest BCUT2D eigenvalue weighted by atomic mass is 16.6. The number of fused-ring (bicyclic) bond motifs is 1. The number of nitro benzene ring substituents is 1. The van der Waals surface area contributed by atoms with E-state index in [2.05, 4.69) is 17.2 Å². The van der Waals surface area contributed by atoms with Crippen LogP contribution in [0.1, 0.15) is 20.3 Å². The fourth-order valence-electron chi connectivity index (χ4n) is 2.72. The van der Waals surface area contributed by atoms with Crippen LogP contribution < -0.4 is 5.32 Å². The van der Waals surface area contributed by atoms with Gasteiger partial charge in [0.1, 0.15) is 5.52 Å². The lowest BCUT2D eigenvalue weighted by atomic mass is 9.94. The van der Waals surface area contributed by atoms with E-state index in [1.807, 2.05) is 13.0 Å². The Morgan fingerprint density at radius 1 is 1.48 bits per heavy atom. The van der Waals surface area contributed by atoms with E-state index in [9.17, 15) is 10.1 Å². The second kappa shape index (κ2) is 4.96. The molecule has 21 heavy (non-hydrogen) atoms. The number of pyridine rings is 1. The monoisotopic (exact) mass is 287 g/mol. The molecule has 2 unspecified atom stereocenters. The van der Waals surface area contributed by atoms with Gasteiger partial charge in [-0.25, -0.2) is 4.98 Å². The van der Waals surface area contributed by atoms with E-state index in [1.54, 1.807) is 18.3 Å². The maximum absolute atomic E-state index is 11.1. The summed E-state index contributed by atoms with van der Waals surface area (Å²) in [5.41, 5.74) is 1.10. The summed E-state index contributed by atoms with van der Waals surface area (Å²) >= 11 is 0. The SMILES string of the molecule is CC1OCCC1(C)Nc1ccc([N+](=O)[O-])c2ncccc12. The molecule has 1 saturated heterocycles. The van der Waals surface area contributed by atoms with Crippen LogP contribution in [-0.2, 0) is 4.74 Å². The van der Waals surface area contributed by atoms with E-state index in [4.69, 9.17) is 4.74 Å². The molecule has 1 aromatic carbocycles. The molecule has 1 aliphatic heterocycles. The van der Waals surface area contributed by atoms with Crippen molar-refractivity contribution < 1.29 is 9.66 Å². The van der Waals surface area contributed by atoms with Gasteiger partial charge in [-0.15, -0.1) is 0 Å². The van der Waals surface area contributed by atoms with E-state index in [0.29, 0.717) is 12.1 Å². The lowest BCUT2D eigenvalue weighted by Gasteiger charge is -2.30. The number of rotatable bonds is 3. The Kier molecular flexibility index (Phi) is 3.25. The summed E-state index contributed by atoms with van der Waals surface area (Å²) in [7, 11) is 0. The minimum atomic E-state index is -0.401. The third-order valence-corrected chi connectivity index (χ3v) is 4.25. The highest BCUT2D eigenvalue weighted by Gasteiger charge is 2.37. The standard InChI is InChI=1S/C15H17N3O3/c1-10-15(2,7-9-21-10)17-12-5-6-13(18(19)20)14-11(12)4-3-8-16-14/h3-6,8,10,17H,7,9H2,1-2H3. The second-order valence-corrected chi connectivity index (χ2v) is 5.59. The van der Waals surface area contributed by atoms with Crippen LogP contribution in [0, 0.1) is 10.1 Å². The van der Waals surface area contributed by atoms with Gasteiger partial charge in [-0.3, -0.25) is 10.1 Å². The lowest BCUT2D eigenvalue weighted by molar-refractivity contribution is -0.383. The molecule has 1 fully saturated rings. The van der Waals surface area contributed by atoms with Crippen molar-refractivity contribution >= 4 is 22.3 Å². The lowest BCUT2D eigenvalue weighted by Crippen LogP contribution is -2.41. The zero-order valence-electron chi connectivity index (χ0n) is 12.0. The van der Waals surface area contributed by atoms with Crippen molar-refractivity contribution in [1.29, 1.82) is 0 Å². The minimum absolute atomic E-state index is 0.0250. The van der Waals surface area contributed by atoms with Crippen LogP contribution in [0.5, 0.6) is 0 Å². The number of aromatic nitrogens is 1. The van der Waals surface area contributed by atoms with Crippen LogP contribution in [0.4, 0.5) is 11.4 Å². The number of hydrogen-bond donors (Lipinski definition) is 1. The quantitative estimate of drug-likeness (QED) is 0.693. The van der Waals surface area contributed by atoms with Gasteiger partial charge in [0.05, 0.1) is 16.6 Å². The molecule has 1 aromatic heterocycles. The fourth-order valence-corrected chi connectivity index (χ4v) is 2.72. The number of benzene rings is 1. The predicted octanol–water partition coefficient (Wildman–Crippen LogP) is 3.12. The summed E-state index contributed by atoms with van der Waals surface area (Å²) in [6, 6.07) is 6.88. The molecule has 0 spiro atoms. The number of nitro groups is 1. The van der Waals surface area contributed by atoms with Crippen LogP contribution in [-0.4, -0.2) is 28.2 Å². The highest BCUT2D eigenvalue weighted by molar-refractivity contribution is 5.97. The van der Waals surface area contributed by atoms with Crippen molar-refractivity contribution in [2.75, 3.05) is 11.9 Å². The Morgan fingerprint density at radius 2 is 2.29 bits per heavy atom. The molecule has 6 nitrogen and oxygen atoms in total. The number of nitrogens with one attached hydrogen (secondary N) is 1. The van der Waals surface area contributed by atoms with Crippen molar-refractivity contribution in [1.82, 2.24) is 4.98 Å². The van der Waals surface area contributed by atoms with Crippen molar-refractivity contribution in [3.8, 4) is 0 Å². The van der Waals surface area contributed by atoms with Gasteiger partial charge in [-0.05, 0) is 38.5 Å². The molecular weight excluding hydrogens is 270 g/mol. The van der Waals surface area contributed by atoms with Gasteiger partial charge in [0.25, 0.3) is 5.69 Å². The summed E-state index contributed by atoms with van der Waals surface area (Å²) in [5, 5.41) is 15.4. The van der Waals surface area contributed by atoms with E-state index in [1.165, 1.54) is 6.07 Å². The molecule has 6 heteroatoms. The zero-order chi connectivity index (χ0) is 15.0. The Balaban J connectivity index is 2.08. The Morgan fingerprint density at radius 3 is 2.95 bits per heavy atom. The number of anilines is 1. The molecule has 110 valence electrons. The predicted molar refractivity (Wildman–Crippen MR) is 80.5 cm³/mol. The number of nitrogens with zero attached hydrogens (tertiary/aromatic N) is 2. The van der Waals surface area contributed by atoms with Crippen LogP contribution in [0.25, 0.3) is 10.9 Å². The zero-order valence-corrected chi connectivity index (χ0v) is 12.0. The maximum atomic E-state index is 11.1. The molecule has 0 amide bonds. The van der Waals surface area contributed by atoms with Crippen LogP contribution in [0.15, 0.2) is 30.5 Å². The third kappa shape index (κ3) is 2.31. The molecule has 1 N–H and O–H groups in total. The first-order chi connectivity index (χ1) is 10.0. The van der Waals surface area contributed by atoms with E-state index < -0.39 is 4.92 Å². The van der Waals surface area contributed by atoms with Gasteiger partial charge in [0, 0.05) is 29.9 Å². The average molecular weight is 287 g/mol. The van der Waals surface area contributed by atoms with Crippen LogP contribution >= 0.6 is 0 Å². The molecule has 2 heterocycles. The first-order valence-corrected chi connectivity index (χ1v) is 6.93. The van der Waals surface area contributed by atoms with Gasteiger partial charge in [0.15, 0.2) is 0 Å². The molecule has 3 rings (SSSR count). The van der Waals surface area contributed by atoms with Crippen LogP contribution in [0.2, 0.25) is 0 Å². The Hall–Kier alpha value is -2.21. The second-order valence-electron chi connectivity index (χ2n) is 5.59. The van der Waals surface area contributed by atoms with Gasteiger partial charge >= 0.3 is 0 Å². The summed E-state index contributed by atoms with van der Waals surface area (Å²) in [4.78, 5) is 14.9. The maximum Gasteiger partial charge on any atom is 0.295 e. The summed E-state index contributed by atoms with van der Waals surface area (Å²) in [6.45, 7) is 4.86. The summed E-state index contributed by atoms with van der Waals surface area (Å²) in [5.74, 6) is 0. The van der Waals surface area contributed by atoms with E-state index in [0.717, 1.165) is 17.5 Å². The fraction of sp³-hybridized carbons (Fsp3) is 0.400. The molecule has 0 radical (unpaired) electrons. The largest absolute Gasteiger partial charge is 0.377 e. The molecule has 0 bridgehead atoms. The molecule has 2 atom stereocenters. The third-order valence-electron chi connectivity index (χ3n) is 4.25. The van der Waals surface area contributed by atoms with Crippen LogP contribution in [0.3, 0.4) is 0 Å². The molecule has 1 aliphatic rings. The van der Waals surface area contributed by atoms with Crippen molar-refractivity contribution in [2.45, 2.75) is 31.9 Å². The molecule has 2 aromatic rings. The first-order valence-electron chi connectivity index (χ1n) is 6.93. The van der Waals surface area contributed by atoms with Gasteiger partial charge in [-0.1, -0.05) is 0 Å². The molecule has 0 saturated carbocycles. The average Bonchev–Trinajstić information content (AvgIpc) is 2.78. The van der Waals surface area contributed by atoms with Gasteiger partial charge in [-0.2, -0.15) is 0 Å². The topological polar surface area (TPSA) is 77.3 Å². The highest BCUT2D eigenvalue weighted by Crippen LogP contribution is 2.35. The van der Waals surface area contributed by atoms with Crippen molar-refractivity contribution in [3.63, 3.8) is 0 Å². The van der Waals surface area contributed by atoms with Gasteiger partial charge in [0.2, 0.25) is 0 Å². The number of non-ortho nitro benzene ring substituents is 1. The molecule has 0 aliphatic carbocycles.